The molecule has 0 amide bonds. The summed E-state index contributed by atoms with van der Waals surface area (Å²) in [6, 6.07) is 10.8. The highest BCUT2D eigenvalue weighted by Crippen LogP contribution is 2.24. The van der Waals surface area contributed by atoms with E-state index in [1.54, 1.807) is 7.11 Å². The fourth-order valence-corrected chi connectivity index (χ4v) is 4.86. The second kappa shape index (κ2) is 6.77. The zero-order valence-corrected chi connectivity index (χ0v) is 14.4. The first-order valence-corrected chi connectivity index (χ1v) is 11.5. The third-order valence-corrected chi connectivity index (χ3v) is 5.63. The molecular weight excluding hydrogens is 262 g/mol. The van der Waals surface area contributed by atoms with Gasteiger partial charge < -0.3 is 10.1 Å². The summed E-state index contributed by atoms with van der Waals surface area (Å²) in [6.45, 7) is 8.60. The van der Waals surface area contributed by atoms with E-state index in [4.69, 9.17) is 4.74 Å². The number of ether oxygens (including phenoxy) is 1. The van der Waals surface area contributed by atoms with Gasteiger partial charge in [0.15, 0.2) is 0 Å². The van der Waals surface area contributed by atoms with E-state index in [9.17, 15) is 0 Å². The van der Waals surface area contributed by atoms with Crippen molar-refractivity contribution >= 4 is 8.07 Å². The zero-order chi connectivity index (χ0) is 14.6. The Morgan fingerprint density at radius 3 is 2.65 bits per heavy atom. The van der Waals surface area contributed by atoms with Crippen LogP contribution in [-0.4, -0.2) is 27.8 Å². The molecular formula is C17H29NOSi. The maximum atomic E-state index is 5.34. The van der Waals surface area contributed by atoms with Gasteiger partial charge in [-0.2, -0.15) is 0 Å². The second-order valence-corrected chi connectivity index (χ2v) is 12.9. The highest BCUT2D eigenvalue weighted by atomic mass is 28.3. The molecule has 20 heavy (non-hydrogen) atoms. The van der Waals surface area contributed by atoms with Crippen molar-refractivity contribution in [2.45, 2.75) is 51.0 Å². The molecule has 0 heterocycles. The second-order valence-electron chi connectivity index (χ2n) is 7.37. The molecule has 1 saturated carbocycles. The van der Waals surface area contributed by atoms with E-state index in [0.717, 1.165) is 17.7 Å². The standard InChI is InChI=1S/C17H29NOSi/c1-19-17-7-5-6-14(11-17)10-15(13-20(2,3)4)12-18-16-8-9-16/h5-7,11,15-16,18H,8-10,12-13H2,1-4H3. The minimum atomic E-state index is -1.02. The summed E-state index contributed by atoms with van der Waals surface area (Å²) in [5.74, 6) is 1.73. The normalized spacial score (nSPS) is 17.0. The van der Waals surface area contributed by atoms with Gasteiger partial charge in [0, 0.05) is 14.1 Å². The van der Waals surface area contributed by atoms with Crippen LogP contribution in [0, 0.1) is 5.92 Å². The number of nitrogens with one attached hydrogen (secondary N) is 1. The van der Waals surface area contributed by atoms with Gasteiger partial charge in [-0.3, -0.25) is 0 Å². The molecule has 0 saturated heterocycles. The van der Waals surface area contributed by atoms with Gasteiger partial charge in [0.1, 0.15) is 5.75 Å². The van der Waals surface area contributed by atoms with Crippen LogP contribution < -0.4 is 10.1 Å². The molecule has 0 aliphatic heterocycles. The highest BCUT2D eigenvalue weighted by molar-refractivity contribution is 6.76. The summed E-state index contributed by atoms with van der Waals surface area (Å²) in [7, 11) is 0.724. The maximum Gasteiger partial charge on any atom is 0.119 e. The van der Waals surface area contributed by atoms with Crippen molar-refractivity contribution in [1.82, 2.24) is 5.32 Å². The van der Waals surface area contributed by atoms with Crippen LogP contribution in [0.15, 0.2) is 24.3 Å². The molecule has 1 N–H and O–H groups in total. The zero-order valence-electron chi connectivity index (χ0n) is 13.4. The van der Waals surface area contributed by atoms with Gasteiger partial charge in [-0.1, -0.05) is 37.8 Å². The van der Waals surface area contributed by atoms with Gasteiger partial charge in [0.25, 0.3) is 0 Å². The SMILES string of the molecule is COc1cccc(CC(CNC2CC2)C[Si](C)(C)C)c1. The van der Waals surface area contributed by atoms with Crippen molar-refractivity contribution in [2.75, 3.05) is 13.7 Å². The molecule has 0 bridgehead atoms. The van der Waals surface area contributed by atoms with E-state index in [-0.39, 0.29) is 0 Å². The maximum absolute atomic E-state index is 5.34. The minimum Gasteiger partial charge on any atom is -0.497 e. The molecule has 1 aliphatic rings. The molecule has 112 valence electrons. The van der Waals surface area contributed by atoms with Gasteiger partial charge >= 0.3 is 0 Å². The van der Waals surface area contributed by atoms with Crippen LogP contribution in [0.5, 0.6) is 5.75 Å². The highest BCUT2D eigenvalue weighted by Gasteiger charge is 2.25. The number of benzene rings is 1. The largest absolute Gasteiger partial charge is 0.497 e. The number of hydrogen-bond acceptors (Lipinski definition) is 2. The molecule has 0 spiro atoms. The average molecular weight is 292 g/mol. The van der Waals surface area contributed by atoms with Gasteiger partial charge in [0.2, 0.25) is 0 Å². The first-order valence-electron chi connectivity index (χ1n) is 7.82. The summed E-state index contributed by atoms with van der Waals surface area (Å²) in [5.41, 5.74) is 1.41. The van der Waals surface area contributed by atoms with Crippen molar-refractivity contribution in [2.24, 2.45) is 5.92 Å². The third kappa shape index (κ3) is 5.67. The molecule has 1 aromatic rings. The van der Waals surface area contributed by atoms with Gasteiger partial charge in [-0.05, 0) is 49.4 Å². The average Bonchev–Trinajstić information content (AvgIpc) is 3.18. The summed E-state index contributed by atoms with van der Waals surface area (Å²) in [4.78, 5) is 0. The van der Waals surface area contributed by atoms with E-state index < -0.39 is 8.07 Å². The smallest absolute Gasteiger partial charge is 0.119 e. The van der Waals surface area contributed by atoms with Gasteiger partial charge in [-0.15, -0.1) is 0 Å². The summed E-state index contributed by atoms with van der Waals surface area (Å²) in [6.07, 6.45) is 3.92. The Morgan fingerprint density at radius 1 is 1.30 bits per heavy atom. The Bertz CT molecular complexity index is 423. The van der Waals surface area contributed by atoms with Crippen molar-refractivity contribution in [1.29, 1.82) is 0 Å². The minimum absolute atomic E-state index is 0.759. The van der Waals surface area contributed by atoms with E-state index in [0.29, 0.717) is 0 Å². The molecule has 0 aromatic heterocycles. The lowest BCUT2D eigenvalue weighted by Crippen LogP contribution is -2.32. The van der Waals surface area contributed by atoms with Crippen LogP contribution in [0.2, 0.25) is 25.7 Å². The Labute approximate surface area is 124 Å². The Hall–Kier alpha value is -0.803. The molecule has 1 aliphatic carbocycles. The fourth-order valence-electron chi connectivity index (χ4n) is 2.84. The topological polar surface area (TPSA) is 21.3 Å². The molecule has 1 unspecified atom stereocenters. The predicted octanol–water partition coefficient (Wildman–Crippen LogP) is 3.94. The van der Waals surface area contributed by atoms with Crippen molar-refractivity contribution in [3.8, 4) is 5.75 Å². The lowest BCUT2D eigenvalue weighted by atomic mass is 10.0. The number of hydrogen-bond donors (Lipinski definition) is 1. The summed E-state index contributed by atoms with van der Waals surface area (Å²) < 4.78 is 5.34. The van der Waals surface area contributed by atoms with Crippen LogP contribution in [0.1, 0.15) is 18.4 Å². The van der Waals surface area contributed by atoms with E-state index in [2.05, 4.69) is 43.2 Å². The monoisotopic (exact) mass is 291 g/mol. The number of methoxy groups -OCH3 is 1. The van der Waals surface area contributed by atoms with Crippen molar-refractivity contribution < 1.29 is 4.74 Å². The predicted molar refractivity (Wildman–Crippen MR) is 89.4 cm³/mol. The number of rotatable bonds is 8. The Balaban J connectivity index is 1.96. The fraction of sp³-hybridized carbons (Fsp3) is 0.647. The van der Waals surface area contributed by atoms with Crippen LogP contribution in [-0.2, 0) is 6.42 Å². The van der Waals surface area contributed by atoms with Gasteiger partial charge in [0.05, 0.1) is 7.11 Å². The van der Waals surface area contributed by atoms with E-state index in [1.807, 2.05) is 6.07 Å². The Morgan fingerprint density at radius 2 is 2.05 bits per heavy atom. The van der Waals surface area contributed by atoms with Crippen LogP contribution in [0.3, 0.4) is 0 Å². The van der Waals surface area contributed by atoms with Gasteiger partial charge in [-0.25, -0.2) is 0 Å². The first kappa shape index (κ1) is 15.6. The Kier molecular flexibility index (Phi) is 5.27. The molecule has 1 fully saturated rings. The summed E-state index contributed by atoms with van der Waals surface area (Å²) >= 11 is 0. The van der Waals surface area contributed by atoms with E-state index >= 15 is 0 Å². The van der Waals surface area contributed by atoms with Crippen LogP contribution in [0.4, 0.5) is 0 Å². The van der Waals surface area contributed by atoms with Crippen LogP contribution in [0.25, 0.3) is 0 Å². The summed E-state index contributed by atoms with van der Waals surface area (Å²) in [5, 5.41) is 3.72. The molecule has 1 aromatic carbocycles. The molecule has 2 rings (SSSR count). The quantitative estimate of drug-likeness (QED) is 0.732. The first-order chi connectivity index (χ1) is 9.46. The molecule has 1 atom stereocenters. The molecule has 0 radical (unpaired) electrons. The third-order valence-electron chi connectivity index (χ3n) is 3.83. The van der Waals surface area contributed by atoms with Crippen LogP contribution >= 0.6 is 0 Å². The molecule has 2 nitrogen and oxygen atoms in total. The lowest BCUT2D eigenvalue weighted by Gasteiger charge is -2.25. The molecule has 3 heteroatoms. The van der Waals surface area contributed by atoms with E-state index in [1.165, 1.54) is 37.4 Å². The van der Waals surface area contributed by atoms with Crippen molar-refractivity contribution in [3.63, 3.8) is 0 Å². The van der Waals surface area contributed by atoms with Crippen molar-refractivity contribution in [3.05, 3.63) is 29.8 Å². The lowest BCUT2D eigenvalue weighted by molar-refractivity contribution is 0.413.